The maximum atomic E-state index is 13.0. The maximum Gasteiger partial charge on any atom is 0.178 e. The highest BCUT2D eigenvalue weighted by molar-refractivity contribution is 6.09. The molecule has 0 N–H and O–H groups in total. The summed E-state index contributed by atoms with van der Waals surface area (Å²) in [5.74, 6) is 1.51. The van der Waals surface area contributed by atoms with Gasteiger partial charge in [0.05, 0.1) is 33.3 Å². The standard InChI is InChI=1S/C23H25N3O3/c1-25(14-17-9-10-18(28-2)13-23(17)29-3)16-22(27)20-15-26(12-6-11-24)21-8-5-4-7-19(20)21/h4-5,7-10,13,15H,6,12,14,16H2,1-3H3. The number of para-hydroxylation sites is 1. The topological polar surface area (TPSA) is 67.5 Å². The fraction of sp³-hybridized carbons (Fsp3) is 0.304. The molecule has 1 aromatic heterocycles. The van der Waals surface area contributed by atoms with Crippen LogP contribution in [0.2, 0.25) is 0 Å². The molecule has 150 valence electrons. The van der Waals surface area contributed by atoms with Gasteiger partial charge in [-0.3, -0.25) is 9.69 Å². The Morgan fingerprint density at radius 2 is 1.97 bits per heavy atom. The van der Waals surface area contributed by atoms with Crippen molar-refractivity contribution in [3.63, 3.8) is 0 Å². The van der Waals surface area contributed by atoms with Gasteiger partial charge in [0.25, 0.3) is 0 Å². The molecule has 6 heteroatoms. The van der Waals surface area contributed by atoms with Crippen LogP contribution in [-0.4, -0.2) is 43.1 Å². The molecular weight excluding hydrogens is 366 g/mol. The van der Waals surface area contributed by atoms with E-state index in [-0.39, 0.29) is 12.3 Å². The van der Waals surface area contributed by atoms with Gasteiger partial charge in [0.15, 0.2) is 5.78 Å². The molecule has 0 aliphatic rings. The van der Waals surface area contributed by atoms with Crippen molar-refractivity contribution >= 4 is 16.7 Å². The van der Waals surface area contributed by atoms with Crippen LogP contribution >= 0.6 is 0 Å². The van der Waals surface area contributed by atoms with Crippen molar-refractivity contribution < 1.29 is 14.3 Å². The number of carbonyl (C=O) groups excluding carboxylic acids is 1. The van der Waals surface area contributed by atoms with E-state index in [1.54, 1.807) is 14.2 Å². The molecule has 1 heterocycles. The number of hydrogen-bond donors (Lipinski definition) is 0. The van der Waals surface area contributed by atoms with Crippen LogP contribution in [0.4, 0.5) is 0 Å². The molecule has 0 aliphatic carbocycles. The minimum Gasteiger partial charge on any atom is -0.497 e. The van der Waals surface area contributed by atoms with Crippen LogP contribution in [0.3, 0.4) is 0 Å². The highest BCUT2D eigenvalue weighted by atomic mass is 16.5. The molecule has 0 atom stereocenters. The third-order valence-electron chi connectivity index (χ3n) is 4.90. The molecule has 29 heavy (non-hydrogen) atoms. The SMILES string of the molecule is COc1ccc(CN(C)CC(=O)c2cn(CCC#N)c3ccccc23)c(OC)c1. The zero-order chi connectivity index (χ0) is 20.8. The Balaban J connectivity index is 1.77. The normalized spacial score (nSPS) is 10.9. The van der Waals surface area contributed by atoms with Gasteiger partial charge in [0.1, 0.15) is 11.5 Å². The molecule has 0 saturated heterocycles. The van der Waals surface area contributed by atoms with Crippen LogP contribution in [0, 0.1) is 11.3 Å². The van der Waals surface area contributed by atoms with Crippen molar-refractivity contribution in [1.82, 2.24) is 9.47 Å². The number of ether oxygens (including phenoxy) is 2. The monoisotopic (exact) mass is 391 g/mol. The minimum absolute atomic E-state index is 0.0480. The third-order valence-corrected chi connectivity index (χ3v) is 4.90. The number of carbonyl (C=O) groups is 1. The van der Waals surface area contributed by atoms with Gasteiger partial charge >= 0.3 is 0 Å². The number of aryl methyl sites for hydroxylation is 1. The Hall–Kier alpha value is -3.30. The lowest BCUT2D eigenvalue weighted by molar-refractivity contribution is 0.0944. The fourth-order valence-electron chi connectivity index (χ4n) is 3.48. The number of fused-ring (bicyclic) bond motifs is 1. The first-order valence-electron chi connectivity index (χ1n) is 9.44. The van der Waals surface area contributed by atoms with Crippen LogP contribution in [0.5, 0.6) is 11.5 Å². The van der Waals surface area contributed by atoms with Crippen molar-refractivity contribution in [1.29, 1.82) is 5.26 Å². The van der Waals surface area contributed by atoms with Gasteiger partial charge in [-0.25, -0.2) is 0 Å². The summed E-state index contributed by atoms with van der Waals surface area (Å²) in [4.78, 5) is 15.0. The van der Waals surface area contributed by atoms with E-state index in [1.165, 1.54) is 0 Å². The molecule has 3 aromatic rings. The van der Waals surface area contributed by atoms with Crippen molar-refractivity contribution in [3.05, 3.63) is 59.8 Å². The Kier molecular flexibility index (Phi) is 6.53. The van der Waals surface area contributed by atoms with Gasteiger partial charge in [-0.15, -0.1) is 0 Å². The highest BCUT2D eigenvalue weighted by Gasteiger charge is 2.17. The number of likely N-dealkylation sites (N-methyl/N-ethyl adjacent to an activating group) is 1. The predicted molar refractivity (Wildman–Crippen MR) is 112 cm³/mol. The molecular formula is C23H25N3O3. The summed E-state index contributed by atoms with van der Waals surface area (Å²) in [5.41, 5.74) is 2.65. The predicted octanol–water partition coefficient (Wildman–Crippen LogP) is 3.89. The second kappa shape index (κ2) is 9.26. The zero-order valence-corrected chi connectivity index (χ0v) is 17.0. The second-order valence-corrected chi connectivity index (χ2v) is 6.93. The van der Waals surface area contributed by atoms with Gasteiger partial charge in [-0.05, 0) is 19.2 Å². The van der Waals surface area contributed by atoms with Crippen molar-refractivity contribution in [3.8, 4) is 17.6 Å². The number of nitriles is 1. The lowest BCUT2D eigenvalue weighted by atomic mass is 10.1. The summed E-state index contributed by atoms with van der Waals surface area (Å²) in [6, 6.07) is 15.7. The van der Waals surface area contributed by atoms with E-state index >= 15 is 0 Å². The van der Waals surface area contributed by atoms with E-state index in [1.807, 2.05) is 65.2 Å². The number of Topliss-reactive ketones (excluding diaryl/α,β-unsaturated/α-hetero) is 1. The van der Waals surface area contributed by atoms with Gasteiger partial charge in [0, 0.05) is 47.4 Å². The third kappa shape index (κ3) is 4.58. The van der Waals surface area contributed by atoms with Gasteiger partial charge in [0.2, 0.25) is 0 Å². The Morgan fingerprint density at radius 1 is 1.17 bits per heavy atom. The van der Waals surface area contributed by atoms with E-state index < -0.39 is 0 Å². The molecule has 3 rings (SSSR count). The van der Waals surface area contributed by atoms with E-state index in [2.05, 4.69) is 6.07 Å². The lowest BCUT2D eigenvalue weighted by Gasteiger charge is -2.18. The molecule has 0 radical (unpaired) electrons. The summed E-state index contributed by atoms with van der Waals surface area (Å²) in [5, 5.41) is 9.82. The van der Waals surface area contributed by atoms with E-state index in [9.17, 15) is 4.79 Å². The molecule has 0 bridgehead atoms. The van der Waals surface area contributed by atoms with Crippen LogP contribution < -0.4 is 9.47 Å². The molecule has 0 saturated carbocycles. The number of methoxy groups -OCH3 is 2. The van der Waals surface area contributed by atoms with E-state index in [0.717, 1.165) is 28.0 Å². The van der Waals surface area contributed by atoms with Crippen LogP contribution in [-0.2, 0) is 13.1 Å². The van der Waals surface area contributed by atoms with Crippen molar-refractivity contribution in [2.75, 3.05) is 27.8 Å². The molecule has 0 spiro atoms. The second-order valence-electron chi connectivity index (χ2n) is 6.93. The lowest BCUT2D eigenvalue weighted by Crippen LogP contribution is -2.25. The Bertz CT molecular complexity index is 1050. The minimum atomic E-state index is 0.0480. The summed E-state index contributed by atoms with van der Waals surface area (Å²) in [6.07, 6.45) is 2.27. The van der Waals surface area contributed by atoms with Gasteiger partial charge in [-0.1, -0.05) is 24.3 Å². The molecule has 0 amide bonds. The van der Waals surface area contributed by atoms with Crippen LogP contribution in [0.1, 0.15) is 22.3 Å². The number of rotatable bonds is 9. The number of benzene rings is 2. The quantitative estimate of drug-likeness (QED) is 0.518. The average molecular weight is 391 g/mol. The summed E-state index contributed by atoms with van der Waals surface area (Å²) < 4.78 is 12.7. The number of ketones is 1. The zero-order valence-electron chi connectivity index (χ0n) is 17.0. The highest BCUT2D eigenvalue weighted by Crippen LogP contribution is 2.26. The Labute approximate surface area is 170 Å². The van der Waals surface area contributed by atoms with Gasteiger partial charge in [-0.2, -0.15) is 5.26 Å². The summed E-state index contributed by atoms with van der Waals surface area (Å²) in [6.45, 7) is 1.43. The van der Waals surface area contributed by atoms with E-state index in [4.69, 9.17) is 14.7 Å². The van der Waals surface area contributed by atoms with Crippen molar-refractivity contribution in [2.24, 2.45) is 0 Å². The van der Waals surface area contributed by atoms with Crippen LogP contribution in [0.15, 0.2) is 48.7 Å². The van der Waals surface area contributed by atoms with Crippen molar-refractivity contribution in [2.45, 2.75) is 19.5 Å². The van der Waals surface area contributed by atoms with E-state index in [0.29, 0.717) is 25.1 Å². The largest absolute Gasteiger partial charge is 0.497 e. The molecule has 0 fully saturated rings. The maximum absolute atomic E-state index is 13.0. The number of nitrogens with zero attached hydrogens (tertiary/aromatic N) is 3. The summed E-state index contributed by atoms with van der Waals surface area (Å²) >= 11 is 0. The first kappa shape index (κ1) is 20.4. The first-order chi connectivity index (χ1) is 14.1. The smallest absolute Gasteiger partial charge is 0.178 e. The average Bonchev–Trinajstić information content (AvgIpc) is 3.11. The number of aromatic nitrogens is 1. The molecule has 6 nitrogen and oxygen atoms in total. The summed E-state index contributed by atoms with van der Waals surface area (Å²) in [7, 11) is 5.16. The molecule has 0 aliphatic heterocycles. The van der Waals surface area contributed by atoms with Crippen LogP contribution in [0.25, 0.3) is 10.9 Å². The molecule has 0 unspecified atom stereocenters. The Morgan fingerprint density at radius 3 is 2.69 bits per heavy atom. The molecule has 2 aromatic carbocycles. The first-order valence-corrected chi connectivity index (χ1v) is 9.44. The fourth-order valence-corrected chi connectivity index (χ4v) is 3.48. The number of hydrogen-bond acceptors (Lipinski definition) is 5. The van der Waals surface area contributed by atoms with Gasteiger partial charge < -0.3 is 14.0 Å².